The monoisotopic (exact) mass is 280 g/mol. The normalized spacial score (nSPS) is 24.9. The first-order valence-electron chi connectivity index (χ1n) is 7.22. The van der Waals surface area contributed by atoms with Gasteiger partial charge in [0.1, 0.15) is 0 Å². The summed E-state index contributed by atoms with van der Waals surface area (Å²) < 4.78 is 0. The molecule has 2 rings (SSSR count). The summed E-state index contributed by atoms with van der Waals surface area (Å²) in [4.78, 5) is 2.43. The predicted octanol–water partition coefficient (Wildman–Crippen LogP) is 3.37. The molecule has 2 unspecified atom stereocenters. The van der Waals surface area contributed by atoms with E-state index in [1.807, 2.05) is 12.1 Å². The average molecular weight is 281 g/mol. The first-order valence-corrected chi connectivity index (χ1v) is 7.59. The summed E-state index contributed by atoms with van der Waals surface area (Å²) >= 11 is 5.97. The van der Waals surface area contributed by atoms with E-state index in [-0.39, 0.29) is 0 Å². The molecule has 1 aromatic carbocycles. The number of nitrogens with zero attached hydrogens (tertiary/aromatic N) is 1. The molecular formula is C16H25ClN2. The lowest BCUT2D eigenvalue weighted by atomic mass is 9.88. The molecule has 0 saturated carbocycles. The van der Waals surface area contributed by atoms with Crippen molar-refractivity contribution in [2.24, 2.45) is 5.92 Å². The van der Waals surface area contributed by atoms with Crippen LogP contribution < -0.4 is 5.32 Å². The topological polar surface area (TPSA) is 15.3 Å². The van der Waals surface area contributed by atoms with Crippen LogP contribution in [0.2, 0.25) is 5.02 Å². The van der Waals surface area contributed by atoms with E-state index < -0.39 is 0 Å². The lowest BCUT2D eigenvalue weighted by Gasteiger charge is -2.36. The van der Waals surface area contributed by atoms with Gasteiger partial charge in [-0.1, -0.05) is 37.6 Å². The number of likely N-dealkylation sites (N-methyl/N-ethyl adjacent to an activating group) is 1. The average Bonchev–Trinajstić information content (AvgIpc) is 2.36. The zero-order valence-corrected chi connectivity index (χ0v) is 13.0. The molecule has 1 aromatic rings. The van der Waals surface area contributed by atoms with Crippen molar-refractivity contribution in [3.05, 3.63) is 34.9 Å². The standard InChI is InChI=1S/C16H25ClN2/c1-12(2)9-18-16-8-14(10-19(3)11-16)13-4-6-15(17)7-5-13/h4-7,12,14,16,18H,8-11H2,1-3H3. The molecule has 2 nitrogen and oxygen atoms in total. The minimum Gasteiger partial charge on any atom is -0.312 e. The fraction of sp³-hybridized carbons (Fsp3) is 0.625. The predicted molar refractivity (Wildman–Crippen MR) is 82.9 cm³/mol. The Hall–Kier alpha value is -0.570. The first-order chi connectivity index (χ1) is 9.04. The second-order valence-corrected chi connectivity index (χ2v) is 6.64. The number of nitrogens with one attached hydrogen (secondary N) is 1. The van der Waals surface area contributed by atoms with Crippen molar-refractivity contribution in [2.75, 3.05) is 26.7 Å². The van der Waals surface area contributed by atoms with E-state index in [1.165, 1.54) is 12.0 Å². The molecule has 0 radical (unpaired) electrons. The van der Waals surface area contributed by atoms with E-state index in [9.17, 15) is 0 Å². The summed E-state index contributed by atoms with van der Waals surface area (Å²) in [6.07, 6.45) is 1.22. The number of piperidine rings is 1. The van der Waals surface area contributed by atoms with Gasteiger partial charge in [-0.15, -0.1) is 0 Å². The third-order valence-electron chi connectivity index (χ3n) is 3.79. The summed E-state index contributed by atoms with van der Waals surface area (Å²) in [6, 6.07) is 8.95. The maximum absolute atomic E-state index is 5.97. The van der Waals surface area contributed by atoms with Gasteiger partial charge in [0, 0.05) is 24.2 Å². The molecule has 106 valence electrons. The van der Waals surface area contributed by atoms with Crippen LogP contribution in [0.3, 0.4) is 0 Å². The number of hydrogen-bond donors (Lipinski definition) is 1. The second kappa shape index (κ2) is 6.74. The van der Waals surface area contributed by atoms with Crippen molar-refractivity contribution < 1.29 is 0 Å². The lowest BCUT2D eigenvalue weighted by Crippen LogP contribution is -2.47. The van der Waals surface area contributed by atoms with E-state index in [2.05, 4.69) is 43.2 Å². The summed E-state index contributed by atoms with van der Waals surface area (Å²) in [7, 11) is 2.21. The summed E-state index contributed by atoms with van der Waals surface area (Å²) in [5.41, 5.74) is 1.41. The Kier molecular flexibility index (Phi) is 5.26. The van der Waals surface area contributed by atoms with Gasteiger partial charge in [-0.3, -0.25) is 0 Å². The Morgan fingerprint density at radius 3 is 2.58 bits per heavy atom. The van der Waals surface area contributed by atoms with Crippen LogP contribution in [0.15, 0.2) is 24.3 Å². The van der Waals surface area contributed by atoms with E-state index >= 15 is 0 Å². The van der Waals surface area contributed by atoms with Gasteiger partial charge in [0.05, 0.1) is 0 Å². The fourth-order valence-corrected chi connectivity index (χ4v) is 2.97. The lowest BCUT2D eigenvalue weighted by molar-refractivity contribution is 0.202. The smallest absolute Gasteiger partial charge is 0.0406 e. The minimum absolute atomic E-state index is 0.599. The van der Waals surface area contributed by atoms with Crippen molar-refractivity contribution >= 4 is 11.6 Å². The quantitative estimate of drug-likeness (QED) is 0.910. The highest BCUT2D eigenvalue weighted by Crippen LogP contribution is 2.27. The molecule has 3 heteroatoms. The van der Waals surface area contributed by atoms with Crippen LogP contribution in [0.4, 0.5) is 0 Å². The SMILES string of the molecule is CC(C)CNC1CC(c2ccc(Cl)cc2)CN(C)C1. The molecule has 1 saturated heterocycles. The van der Waals surface area contributed by atoms with Crippen molar-refractivity contribution in [3.8, 4) is 0 Å². The highest BCUT2D eigenvalue weighted by molar-refractivity contribution is 6.30. The van der Waals surface area contributed by atoms with Crippen LogP contribution in [-0.4, -0.2) is 37.6 Å². The van der Waals surface area contributed by atoms with Crippen LogP contribution in [0.5, 0.6) is 0 Å². The Labute approximate surface area is 122 Å². The molecule has 1 aliphatic heterocycles. The molecule has 0 aliphatic carbocycles. The molecule has 0 spiro atoms. The largest absolute Gasteiger partial charge is 0.312 e. The number of rotatable bonds is 4. The van der Waals surface area contributed by atoms with Crippen LogP contribution in [0, 0.1) is 5.92 Å². The van der Waals surface area contributed by atoms with Crippen molar-refractivity contribution in [3.63, 3.8) is 0 Å². The highest BCUT2D eigenvalue weighted by Gasteiger charge is 2.26. The van der Waals surface area contributed by atoms with Gasteiger partial charge in [-0.2, -0.15) is 0 Å². The van der Waals surface area contributed by atoms with E-state index in [0.29, 0.717) is 17.9 Å². The minimum atomic E-state index is 0.599. The number of benzene rings is 1. The van der Waals surface area contributed by atoms with Crippen molar-refractivity contribution in [2.45, 2.75) is 32.2 Å². The Bertz CT molecular complexity index is 388. The van der Waals surface area contributed by atoms with E-state index in [0.717, 1.165) is 24.7 Å². The molecular weight excluding hydrogens is 256 g/mol. The third-order valence-corrected chi connectivity index (χ3v) is 4.04. The van der Waals surface area contributed by atoms with Gasteiger partial charge < -0.3 is 10.2 Å². The molecule has 0 amide bonds. The van der Waals surface area contributed by atoms with Crippen molar-refractivity contribution in [1.29, 1.82) is 0 Å². The van der Waals surface area contributed by atoms with Crippen LogP contribution in [0.1, 0.15) is 31.7 Å². The Morgan fingerprint density at radius 2 is 1.95 bits per heavy atom. The maximum atomic E-state index is 5.97. The zero-order valence-electron chi connectivity index (χ0n) is 12.2. The number of hydrogen-bond acceptors (Lipinski definition) is 2. The fourth-order valence-electron chi connectivity index (χ4n) is 2.85. The summed E-state index contributed by atoms with van der Waals surface area (Å²) in [6.45, 7) is 7.91. The molecule has 1 N–H and O–H groups in total. The van der Waals surface area contributed by atoms with E-state index in [4.69, 9.17) is 11.6 Å². The Balaban J connectivity index is 1.99. The van der Waals surface area contributed by atoms with Crippen LogP contribution >= 0.6 is 11.6 Å². The second-order valence-electron chi connectivity index (χ2n) is 6.20. The van der Waals surface area contributed by atoms with E-state index in [1.54, 1.807) is 0 Å². The number of likely N-dealkylation sites (tertiary alicyclic amines) is 1. The highest BCUT2D eigenvalue weighted by atomic mass is 35.5. The molecule has 2 atom stereocenters. The van der Waals surface area contributed by atoms with Gasteiger partial charge in [0.2, 0.25) is 0 Å². The van der Waals surface area contributed by atoms with Crippen LogP contribution in [0.25, 0.3) is 0 Å². The van der Waals surface area contributed by atoms with Gasteiger partial charge in [0.25, 0.3) is 0 Å². The van der Waals surface area contributed by atoms with Gasteiger partial charge in [-0.25, -0.2) is 0 Å². The molecule has 1 fully saturated rings. The first kappa shape index (κ1) is 14.8. The van der Waals surface area contributed by atoms with Gasteiger partial charge in [-0.05, 0) is 49.5 Å². The Morgan fingerprint density at radius 1 is 1.26 bits per heavy atom. The summed E-state index contributed by atoms with van der Waals surface area (Å²) in [5.74, 6) is 1.32. The van der Waals surface area contributed by atoms with Gasteiger partial charge in [0.15, 0.2) is 0 Å². The maximum Gasteiger partial charge on any atom is 0.0406 e. The molecule has 19 heavy (non-hydrogen) atoms. The molecule has 1 aliphatic rings. The van der Waals surface area contributed by atoms with Crippen LogP contribution in [-0.2, 0) is 0 Å². The number of halogens is 1. The molecule has 1 heterocycles. The zero-order chi connectivity index (χ0) is 13.8. The van der Waals surface area contributed by atoms with Gasteiger partial charge >= 0.3 is 0 Å². The third kappa shape index (κ3) is 4.48. The summed E-state index contributed by atoms with van der Waals surface area (Å²) in [5, 5.41) is 4.52. The van der Waals surface area contributed by atoms with Crippen molar-refractivity contribution in [1.82, 2.24) is 10.2 Å². The molecule has 0 aromatic heterocycles. The molecule has 0 bridgehead atoms.